The van der Waals surface area contributed by atoms with Crippen molar-refractivity contribution >= 4 is 17.3 Å². The molecule has 1 N–H and O–H groups in total. The minimum Gasteiger partial charge on any atom is -0.378 e. The highest BCUT2D eigenvalue weighted by molar-refractivity contribution is 5.91. The molecule has 1 amide bonds. The monoisotopic (exact) mass is 372 g/mol. The maximum atomic E-state index is 12.2. The van der Waals surface area contributed by atoms with Gasteiger partial charge in [-0.3, -0.25) is 4.79 Å². The molecule has 146 valence electrons. The summed E-state index contributed by atoms with van der Waals surface area (Å²) in [6.45, 7) is 8.58. The SMILES string of the molecule is Cc1noc(C)c1CN(C)CCC(=O)Nc1ccc(N2CCOCC2)cc1. The van der Waals surface area contributed by atoms with E-state index in [1.807, 2.05) is 45.2 Å². The number of hydrogen-bond acceptors (Lipinski definition) is 6. The highest BCUT2D eigenvalue weighted by Crippen LogP contribution is 2.19. The van der Waals surface area contributed by atoms with Crippen LogP contribution in [-0.2, 0) is 16.1 Å². The Balaban J connectivity index is 1.44. The first-order valence-electron chi connectivity index (χ1n) is 9.36. The van der Waals surface area contributed by atoms with Gasteiger partial charge in [0.1, 0.15) is 5.76 Å². The molecule has 1 aliphatic rings. The minimum absolute atomic E-state index is 0.0136. The average molecular weight is 372 g/mol. The van der Waals surface area contributed by atoms with Gasteiger partial charge in [0.25, 0.3) is 0 Å². The normalized spacial score (nSPS) is 14.6. The number of amides is 1. The van der Waals surface area contributed by atoms with Crippen LogP contribution in [0.2, 0.25) is 0 Å². The Morgan fingerprint density at radius 1 is 1.22 bits per heavy atom. The lowest BCUT2D eigenvalue weighted by atomic mass is 10.2. The van der Waals surface area contributed by atoms with Gasteiger partial charge in [0, 0.05) is 49.5 Å². The van der Waals surface area contributed by atoms with E-state index < -0.39 is 0 Å². The molecular weight excluding hydrogens is 344 g/mol. The van der Waals surface area contributed by atoms with E-state index in [0.29, 0.717) is 13.0 Å². The second kappa shape index (κ2) is 9.01. The molecule has 1 aromatic carbocycles. The van der Waals surface area contributed by atoms with Crippen molar-refractivity contribution < 1.29 is 14.1 Å². The molecule has 7 nitrogen and oxygen atoms in total. The molecule has 1 aliphatic heterocycles. The number of rotatable bonds is 7. The summed E-state index contributed by atoms with van der Waals surface area (Å²) in [5.74, 6) is 0.851. The third-order valence-corrected chi connectivity index (χ3v) is 4.86. The Kier molecular flexibility index (Phi) is 6.47. The van der Waals surface area contributed by atoms with Gasteiger partial charge in [0.15, 0.2) is 0 Å². The summed E-state index contributed by atoms with van der Waals surface area (Å²) in [6.07, 6.45) is 0.436. The van der Waals surface area contributed by atoms with E-state index in [1.165, 1.54) is 0 Å². The van der Waals surface area contributed by atoms with Gasteiger partial charge >= 0.3 is 0 Å². The molecule has 7 heteroatoms. The molecule has 1 saturated heterocycles. The van der Waals surface area contributed by atoms with Crippen molar-refractivity contribution in [3.05, 3.63) is 41.3 Å². The van der Waals surface area contributed by atoms with E-state index in [1.54, 1.807) is 0 Å². The number of benzene rings is 1. The number of carbonyl (C=O) groups excluding carboxylic acids is 1. The van der Waals surface area contributed by atoms with Crippen LogP contribution in [0.1, 0.15) is 23.4 Å². The first kappa shape index (κ1) is 19.4. The fraction of sp³-hybridized carbons (Fsp3) is 0.500. The van der Waals surface area contributed by atoms with Gasteiger partial charge in [-0.1, -0.05) is 5.16 Å². The Hall–Kier alpha value is -2.38. The van der Waals surface area contributed by atoms with Crippen molar-refractivity contribution in [2.75, 3.05) is 50.1 Å². The summed E-state index contributed by atoms with van der Waals surface area (Å²) in [5, 5.41) is 6.94. The molecular formula is C20H28N4O3. The van der Waals surface area contributed by atoms with Crippen molar-refractivity contribution in [3.8, 4) is 0 Å². The van der Waals surface area contributed by atoms with Crippen LogP contribution < -0.4 is 10.2 Å². The lowest BCUT2D eigenvalue weighted by Crippen LogP contribution is -2.36. The van der Waals surface area contributed by atoms with Gasteiger partial charge < -0.3 is 24.4 Å². The molecule has 1 aromatic heterocycles. The Morgan fingerprint density at radius 2 is 1.93 bits per heavy atom. The molecule has 1 fully saturated rings. The van der Waals surface area contributed by atoms with Gasteiger partial charge in [-0.15, -0.1) is 0 Å². The van der Waals surface area contributed by atoms with Gasteiger partial charge in [0.05, 0.1) is 18.9 Å². The van der Waals surface area contributed by atoms with E-state index in [9.17, 15) is 4.79 Å². The molecule has 0 unspecified atom stereocenters. The van der Waals surface area contributed by atoms with E-state index in [2.05, 4.69) is 20.3 Å². The molecule has 2 aromatic rings. The van der Waals surface area contributed by atoms with E-state index in [-0.39, 0.29) is 5.91 Å². The number of aromatic nitrogens is 1. The zero-order valence-corrected chi connectivity index (χ0v) is 16.3. The fourth-order valence-corrected chi connectivity index (χ4v) is 3.17. The molecule has 0 radical (unpaired) electrons. The predicted octanol–water partition coefficient (Wildman–Crippen LogP) is 2.59. The Morgan fingerprint density at radius 3 is 2.56 bits per heavy atom. The molecule has 0 atom stereocenters. The second-order valence-corrected chi connectivity index (χ2v) is 6.98. The topological polar surface area (TPSA) is 70.8 Å². The standard InChI is InChI=1S/C20H28N4O3/c1-15-19(16(2)27-22-15)14-23(3)9-8-20(25)21-17-4-6-18(7-5-17)24-10-12-26-13-11-24/h4-7H,8-14H2,1-3H3,(H,21,25). The van der Waals surface area contributed by atoms with Gasteiger partial charge in [0.2, 0.25) is 5.91 Å². The number of ether oxygens (including phenoxy) is 1. The lowest BCUT2D eigenvalue weighted by Gasteiger charge is -2.28. The van der Waals surface area contributed by atoms with E-state index >= 15 is 0 Å². The zero-order valence-electron chi connectivity index (χ0n) is 16.3. The van der Waals surface area contributed by atoms with Crippen molar-refractivity contribution in [2.24, 2.45) is 0 Å². The van der Waals surface area contributed by atoms with Gasteiger partial charge in [-0.05, 0) is 45.2 Å². The maximum Gasteiger partial charge on any atom is 0.225 e. The van der Waals surface area contributed by atoms with Crippen molar-refractivity contribution in [1.82, 2.24) is 10.1 Å². The summed E-state index contributed by atoms with van der Waals surface area (Å²) >= 11 is 0. The maximum absolute atomic E-state index is 12.2. The van der Waals surface area contributed by atoms with Gasteiger partial charge in [-0.25, -0.2) is 0 Å². The molecule has 2 heterocycles. The summed E-state index contributed by atoms with van der Waals surface area (Å²) < 4.78 is 10.6. The van der Waals surface area contributed by atoms with Gasteiger partial charge in [-0.2, -0.15) is 0 Å². The van der Waals surface area contributed by atoms with Crippen LogP contribution in [0.4, 0.5) is 11.4 Å². The molecule has 3 rings (SSSR count). The Labute approximate surface area is 160 Å². The highest BCUT2D eigenvalue weighted by Gasteiger charge is 2.13. The molecule has 0 aliphatic carbocycles. The molecule has 0 spiro atoms. The fourth-order valence-electron chi connectivity index (χ4n) is 3.17. The van der Waals surface area contributed by atoms with Crippen molar-refractivity contribution in [1.29, 1.82) is 0 Å². The summed E-state index contributed by atoms with van der Waals surface area (Å²) in [7, 11) is 2.00. The molecule has 0 saturated carbocycles. The van der Waals surface area contributed by atoms with Crippen LogP contribution in [0.5, 0.6) is 0 Å². The largest absolute Gasteiger partial charge is 0.378 e. The van der Waals surface area contributed by atoms with Crippen molar-refractivity contribution in [3.63, 3.8) is 0 Å². The second-order valence-electron chi connectivity index (χ2n) is 6.98. The van der Waals surface area contributed by atoms with E-state index in [0.717, 1.165) is 61.2 Å². The average Bonchev–Trinajstić information content (AvgIpc) is 3.00. The van der Waals surface area contributed by atoms with Crippen LogP contribution in [0.15, 0.2) is 28.8 Å². The first-order chi connectivity index (χ1) is 13.0. The quantitative estimate of drug-likeness (QED) is 0.806. The van der Waals surface area contributed by atoms with E-state index in [4.69, 9.17) is 9.26 Å². The Bertz CT molecular complexity index is 732. The van der Waals surface area contributed by atoms with Crippen LogP contribution in [0, 0.1) is 13.8 Å². The number of nitrogens with zero attached hydrogens (tertiary/aromatic N) is 3. The summed E-state index contributed by atoms with van der Waals surface area (Å²) in [5.41, 5.74) is 3.99. The number of hydrogen-bond donors (Lipinski definition) is 1. The zero-order chi connectivity index (χ0) is 19.2. The number of carbonyl (C=O) groups is 1. The smallest absolute Gasteiger partial charge is 0.225 e. The molecule has 27 heavy (non-hydrogen) atoms. The number of anilines is 2. The third-order valence-electron chi connectivity index (χ3n) is 4.86. The van der Waals surface area contributed by atoms with Crippen LogP contribution in [0.25, 0.3) is 0 Å². The predicted molar refractivity (Wildman–Crippen MR) is 105 cm³/mol. The van der Waals surface area contributed by atoms with Crippen LogP contribution >= 0.6 is 0 Å². The van der Waals surface area contributed by atoms with Crippen molar-refractivity contribution in [2.45, 2.75) is 26.8 Å². The highest BCUT2D eigenvalue weighted by atomic mass is 16.5. The number of nitrogens with one attached hydrogen (secondary N) is 1. The lowest BCUT2D eigenvalue weighted by molar-refractivity contribution is -0.116. The van der Waals surface area contributed by atoms with Crippen LogP contribution in [0.3, 0.4) is 0 Å². The first-order valence-corrected chi connectivity index (χ1v) is 9.36. The third kappa shape index (κ3) is 5.30. The number of aryl methyl sites for hydroxylation is 2. The summed E-state index contributed by atoms with van der Waals surface area (Å²) in [6, 6.07) is 8.00. The summed E-state index contributed by atoms with van der Waals surface area (Å²) in [4.78, 5) is 16.6. The van der Waals surface area contributed by atoms with Crippen LogP contribution in [-0.4, -0.2) is 55.9 Å². The number of morpholine rings is 1. The molecule has 0 bridgehead atoms. The minimum atomic E-state index is 0.0136.